The van der Waals surface area contributed by atoms with Gasteiger partial charge in [-0.2, -0.15) is 0 Å². The number of anilines is 1. The molecule has 2 heterocycles. The third-order valence-electron chi connectivity index (χ3n) is 2.59. The van der Waals surface area contributed by atoms with Gasteiger partial charge in [0.25, 0.3) is 0 Å². The van der Waals surface area contributed by atoms with Gasteiger partial charge in [0.15, 0.2) is 0 Å². The van der Waals surface area contributed by atoms with Gasteiger partial charge in [-0.3, -0.25) is 9.78 Å². The minimum atomic E-state index is -0.231. The largest absolute Gasteiger partial charge is 0.310 e. The van der Waals surface area contributed by atoms with Gasteiger partial charge in [0, 0.05) is 18.6 Å². The zero-order valence-electron chi connectivity index (χ0n) is 10.5. The van der Waals surface area contributed by atoms with E-state index in [0.717, 1.165) is 12.0 Å². The Balaban J connectivity index is 2.01. The van der Waals surface area contributed by atoms with Crippen LogP contribution in [0.25, 0.3) is 0 Å². The molecule has 0 aliphatic heterocycles. The molecule has 0 aliphatic carbocycles. The van der Waals surface area contributed by atoms with Gasteiger partial charge in [-0.25, -0.2) is 4.98 Å². The molecule has 19 heavy (non-hydrogen) atoms. The highest BCUT2D eigenvalue weighted by Crippen LogP contribution is 2.11. The summed E-state index contributed by atoms with van der Waals surface area (Å²) in [5, 5.41) is 2.73. The second-order valence-corrected chi connectivity index (χ2v) is 5.56. The fourth-order valence-electron chi connectivity index (χ4n) is 1.57. The molecule has 1 amide bonds. The summed E-state index contributed by atoms with van der Waals surface area (Å²) in [6.45, 7) is 1.77. The van der Waals surface area contributed by atoms with E-state index in [4.69, 9.17) is 0 Å². The monoisotopic (exact) mass is 319 g/mol. The zero-order chi connectivity index (χ0) is 13.7. The van der Waals surface area contributed by atoms with E-state index in [0.29, 0.717) is 5.82 Å². The summed E-state index contributed by atoms with van der Waals surface area (Å²) in [6.07, 6.45) is 6.12. The summed E-state index contributed by atoms with van der Waals surface area (Å²) in [4.78, 5) is 19.5. The van der Waals surface area contributed by atoms with Crippen molar-refractivity contribution >= 4 is 27.7 Å². The molecule has 1 unspecified atom stereocenters. The highest BCUT2D eigenvalue weighted by molar-refractivity contribution is 9.10. The molecule has 2 aromatic rings. The van der Waals surface area contributed by atoms with Crippen molar-refractivity contribution in [2.75, 3.05) is 5.32 Å². The SMILES string of the molecule is CC(Br)C(=O)Nc1ccc(Cc2ccncc2)cn1. The fraction of sp³-hybridized carbons (Fsp3) is 0.214. The number of nitrogens with zero attached hydrogens (tertiary/aromatic N) is 2. The van der Waals surface area contributed by atoms with Gasteiger partial charge in [0.2, 0.25) is 5.91 Å². The van der Waals surface area contributed by atoms with E-state index >= 15 is 0 Å². The highest BCUT2D eigenvalue weighted by atomic mass is 79.9. The van der Waals surface area contributed by atoms with Gasteiger partial charge in [0.1, 0.15) is 5.82 Å². The molecule has 2 aromatic heterocycles. The Labute approximate surface area is 120 Å². The number of carbonyl (C=O) groups excluding carboxylic acids is 1. The summed E-state index contributed by atoms with van der Waals surface area (Å²) in [7, 11) is 0. The van der Waals surface area contributed by atoms with Crippen LogP contribution >= 0.6 is 15.9 Å². The molecule has 0 aliphatic rings. The molecule has 0 aromatic carbocycles. The number of nitrogens with one attached hydrogen (secondary N) is 1. The van der Waals surface area contributed by atoms with Crippen molar-refractivity contribution in [2.45, 2.75) is 18.2 Å². The van der Waals surface area contributed by atoms with E-state index in [1.165, 1.54) is 5.56 Å². The van der Waals surface area contributed by atoms with E-state index in [-0.39, 0.29) is 10.7 Å². The number of halogens is 1. The fourth-order valence-corrected chi connectivity index (χ4v) is 1.68. The first-order valence-corrected chi connectivity index (χ1v) is 6.85. The quantitative estimate of drug-likeness (QED) is 0.882. The van der Waals surface area contributed by atoms with Gasteiger partial charge < -0.3 is 5.32 Å². The van der Waals surface area contributed by atoms with Crippen molar-refractivity contribution in [3.8, 4) is 0 Å². The molecule has 0 spiro atoms. The van der Waals surface area contributed by atoms with Crippen LogP contribution in [0.15, 0.2) is 42.9 Å². The Morgan fingerprint density at radius 2 is 2.00 bits per heavy atom. The third kappa shape index (κ3) is 4.13. The maximum absolute atomic E-state index is 11.5. The molecule has 2 rings (SSSR count). The van der Waals surface area contributed by atoms with Crippen LogP contribution in [0.2, 0.25) is 0 Å². The molecule has 0 bridgehead atoms. The molecular formula is C14H14BrN3O. The Kier molecular flexibility index (Phi) is 4.63. The average Bonchev–Trinajstić information content (AvgIpc) is 2.42. The normalized spacial score (nSPS) is 11.9. The number of pyridine rings is 2. The predicted molar refractivity (Wildman–Crippen MR) is 78.3 cm³/mol. The lowest BCUT2D eigenvalue weighted by molar-refractivity contribution is -0.115. The van der Waals surface area contributed by atoms with Crippen LogP contribution in [-0.4, -0.2) is 20.7 Å². The van der Waals surface area contributed by atoms with Gasteiger partial charge in [-0.15, -0.1) is 0 Å². The maximum atomic E-state index is 11.5. The average molecular weight is 320 g/mol. The van der Waals surface area contributed by atoms with Crippen LogP contribution in [0.4, 0.5) is 5.82 Å². The van der Waals surface area contributed by atoms with Crippen molar-refractivity contribution in [1.29, 1.82) is 0 Å². The van der Waals surface area contributed by atoms with E-state index in [2.05, 4.69) is 31.2 Å². The number of hydrogen-bond acceptors (Lipinski definition) is 3. The summed E-state index contributed by atoms with van der Waals surface area (Å²) in [5.41, 5.74) is 2.28. The molecule has 0 saturated heterocycles. The van der Waals surface area contributed by atoms with Crippen molar-refractivity contribution in [3.05, 3.63) is 54.0 Å². The van der Waals surface area contributed by atoms with Crippen LogP contribution in [-0.2, 0) is 11.2 Å². The zero-order valence-corrected chi connectivity index (χ0v) is 12.1. The van der Waals surface area contributed by atoms with Gasteiger partial charge >= 0.3 is 0 Å². The van der Waals surface area contributed by atoms with E-state index < -0.39 is 0 Å². The number of hydrogen-bond donors (Lipinski definition) is 1. The minimum Gasteiger partial charge on any atom is -0.310 e. The van der Waals surface area contributed by atoms with E-state index in [9.17, 15) is 4.79 Å². The topological polar surface area (TPSA) is 54.9 Å². The van der Waals surface area contributed by atoms with Crippen LogP contribution in [0.1, 0.15) is 18.1 Å². The van der Waals surface area contributed by atoms with Crippen molar-refractivity contribution in [3.63, 3.8) is 0 Å². The summed E-state index contributed by atoms with van der Waals surface area (Å²) >= 11 is 3.21. The standard InChI is InChI=1S/C14H14BrN3O/c1-10(15)14(19)18-13-3-2-12(9-17-13)8-11-4-6-16-7-5-11/h2-7,9-10H,8H2,1H3,(H,17,18,19). The molecule has 5 heteroatoms. The molecule has 98 valence electrons. The van der Waals surface area contributed by atoms with Crippen molar-refractivity contribution in [1.82, 2.24) is 9.97 Å². The van der Waals surface area contributed by atoms with Crippen molar-refractivity contribution in [2.24, 2.45) is 0 Å². The van der Waals surface area contributed by atoms with Gasteiger partial charge in [-0.1, -0.05) is 22.0 Å². The Hall–Kier alpha value is -1.75. The van der Waals surface area contributed by atoms with Gasteiger partial charge in [-0.05, 0) is 42.7 Å². The summed E-state index contributed by atoms with van der Waals surface area (Å²) in [5.74, 6) is 0.462. The third-order valence-corrected chi connectivity index (χ3v) is 3.01. The number of carbonyl (C=O) groups is 1. The predicted octanol–water partition coefficient (Wildman–Crippen LogP) is 2.79. The summed E-state index contributed by atoms with van der Waals surface area (Å²) < 4.78 is 0. The second kappa shape index (κ2) is 6.43. The lowest BCUT2D eigenvalue weighted by Gasteiger charge is -2.06. The minimum absolute atomic E-state index is 0.102. The lowest BCUT2D eigenvalue weighted by Crippen LogP contribution is -2.20. The van der Waals surface area contributed by atoms with E-state index in [1.807, 2.05) is 24.3 Å². The van der Waals surface area contributed by atoms with Crippen LogP contribution < -0.4 is 5.32 Å². The highest BCUT2D eigenvalue weighted by Gasteiger charge is 2.09. The van der Waals surface area contributed by atoms with Gasteiger partial charge in [0.05, 0.1) is 4.83 Å². The molecule has 1 N–H and O–H groups in total. The smallest absolute Gasteiger partial charge is 0.239 e. The van der Waals surface area contributed by atoms with Crippen LogP contribution in [0.5, 0.6) is 0 Å². The maximum Gasteiger partial charge on any atom is 0.239 e. The molecule has 1 atom stereocenters. The molecule has 0 saturated carbocycles. The molecule has 0 fully saturated rings. The number of aromatic nitrogens is 2. The van der Waals surface area contributed by atoms with Crippen LogP contribution in [0, 0.1) is 0 Å². The lowest BCUT2D eigenvalue weighted by atomic mass is 10.1. The number of alkyl halides is 1. The van der Waals surface area contributed by atoms with Crippen LogP contribution in [0.3, 0.4) is 0 Å². The first kappa shape index (κ1) is 13.7. The Bertz CT molecular complexity index is 540. The molecule has 0 radical (unpaired) electrons. The summed E-state index contributed by atoms with van der Waals surface area (Å²) in [6, 6.07) is 7.72. The molecular weight excluding hydrogens is 306 g/mol. The molecule has 4 nitrogen and oxygen atoms in total. The first-order valence-electron chi connectivity index (χ1n) is 5.94. The Morgan fingerprint density at radius 1 is 1.26 bits per heavy atom. The number of amides is 1. The number of rotatable bonds is 4. The first-order chi connectivity index (χ1) is 9.15. The van der Waals surface area contributed by atoms with Crippen molar-refractivity contribution < 1.29 is 4.79 Å². The second-order valence-electron chi connectivity index (χ2n) is 4.19. The Morgan fingerprint density at radius 3 is 2.58 bits per heavy atom. The van der Waals surface area contributed by atoms with E-state index in [1.54, 1.807) is 25.5 Å².